The third kappa shape index (κ3) is 36.1. The van der Waals surface area contributed by atoms with Gasteiger partial charge in [0.15, 0.2) is 6.10 Å². The quantitative estimate of drug-likeness (QED) is 0.0245. The minimum Gasteiger partial charge on any atom is -0.462 e. The molecular formula is C40H71O10P. The second kappa shape index (κ2) is 36.3. The number of allylic oxidation sites excluding steroid dienone is 8. The summed E-state index contributed by atoms with van der Waals surface area (Å²) in [6, 6.07) is 0. The first-order chi connectivity index (χ1) is 24.7. The van der Waals surface area contributed by atoms with Crippen LogP contribution in [0.2, 0.25) is 0 Å². The number of ether oxygens (including phenoxy) is 2. The van der Waals surface area contributed by atoms with E-state index in [9.17, 15) is 24.2 Å². The fourth-order valence-electron chi connectivity index (χ4n) is 4.93. The fraction of sp³-hybridized carbons (Fsp3) is 0.750. The summed E-state index contributed by atoms with van der Waals surface area (Å²) in [6.07, 6.45) is 36.6. The summed E-state index contributed by atoms with van der Waals surface area (Å²) in [5, 5.41) is 18.3. The maximum atomic E-state index is 12.5. The number of phosphoric acid groups is 1. The number of aliphatic hydroxyl groups is 2. The molecule has 51 heavy (non-hydrogen) atoms. The summed E-state index contributed by atoms with van der Waals surface area (Å²) < 4.78 is 32.5. The first-order valence-electron chi connectivity index (χ1n) is 19.6. The van der Waals surface area contributed by atoms with Crippen molar-refractivity contribution in [2.75, 3.05) is 26.4 Å². The molecule has 10 nitrogen and oxygen atoms in total. The normalized spacial score (nSPS) is 14.5. The van der Waals surface area contributed by atoms with E-state index in [4.69, 9.17) is 19.1 Å². The Bertz CT molecular complexity index is 994. The Morgan fingerprint density at radius 2 is 1.04 bits per heavy atom. The molecule has 0 saturated carbocycles. The molecule has 0 amide bonds. The maximum absolute atomic E-state index is 12.5. The molecule has 1 unspecified atom stereocenters. The highest BCUT2D eigenvalue weighted by Crippen LogP contribution is 2.43. The van der Waals surface area contributed by atoms with E-state index in [1.54, 1.807) is 0 Å². The summed E-state index contributed by atoms with van der Waals surface area (Å²) in [4.78, 5) is 34.8. The van der Waals surface area contributed by atoms with Gasteiger partial charge >= 0.3 is 19.8 Å². The zero-order valence-corrected chi connectivity index (χ0v) is 32.7. The highest BCUT2D eigenvalue weighted by molar-refractivity contribution is 7.47. The van der Waals surface area contributed by atoms with Crippen LogP contribution in [0.3, 0.4) is 0 Å². The van der Waals surface area contributed by atoms with Crippen LogP contribution < -0.4 is 0 Å². The topological polar surface area (TPSA) is 149 Å². The first kappa shape index (κ1) is 48.9. The first-order valence-corrected chi connectivity index (χ1v) is 21.1. The average Bonchev–Trinajstić information content (AvgIpc) is 3.12. The van der Waals surface area contributed by atoms with E-state index in [-0.39, 0.29) is 19.4 Å². The van der Waals surface area contributed by atoms with E-state index >= 15 is 0 Å². The molecule has 0 aromatic heterocycles. The smallest absolute Gasteiger partial charge is 0.462 e. The van der Waals surface area contributed by atoms with Gasteiger partial charge in [-0.15, -0.1) is 0 Å². The van der Waals surface area contributed by atoms with Crippen molar-refractivity contribution in [3.63, 3.8) is 0 Å². The summed E-state index contributed by atoms with van der Waals surface area (Å²) in [7, 11) is -4.63. The molecule has 3 N–H and O–H groups in total. The molecule has 296 valence electrons. The summed E-state index contributed by atoms with van der Waals surface area (Å²) in [5.74, 6) is -0.993. The molecule has 0 spiro atoms. The maximum Gasteiger partial charge on any atom is 0.472 e. The Hall–Kier alpha value is -2.07. The van der Waals surface area contributed by atoms with Gasteiger partial charge in [0.25, 0.3) is 0 Å². The fourth-order valence-corrected chi connectivity index (χ4v) is 5.71. The van der Waals surface area contributed by atoms with Gasteiger partial charge in [-0.25, -0.2) is 4.57 Å². The lowest BCUT2D eigenvalue weighted by atomic mass is 10.1. The van der Waals surface area contributed by atoms with Crippen LogP contribution in [-0.4, -0.2) is 65.7 Å². The Morgan fingerprint density at radius 3 is 1.59 bits per heavy atom. The average molecular weight is 743 g/mol. The Balaban J connectivity index is 4.47. The number of carbonyl (C=O) groups excluding carboxylic acids is 2. The van der Waals surface area contributed by atoms with Gasteiger partial charge in [0.1, 0.15) is 12.7 Å². The van der Waals surface area contributed by atoms with E-state index in [1.807, 2.05) is 12.2 Å². The highest BCUT2D eigenvalue weighted by Gasteiger charge is 2.27. The molecule has 0 radical (unpaired) electrons. The molecule has 0 saturated heterocycles. The Kier molecular flexibility index (Phi) is 34.8. The number of unbranched alkanes of at least 4 members (excludes halogenated alkanes) is 14. The molecule has 0 aliphatic heterocycles. The SMILES string of the molecule is CCCCC/C=C/C/C=C/C/C=C/C/C=C/CCCC(=O)O[C@H](COC(=O)CCCCCCCCCCCCC)COP(=O)(O)OC[C@@H](O)CO. The number of carbonyl (C=O) groups is 2. The van der Waals surface area contributed by atoms with Gasteiger partial charge in [0, 0.05) is 12.8 Å². The minimum absolute atomic E-state index is 0.108. The minimum atomic E-state index is -4.63. The Morgan fingerprint density at radius 1 is 0.588 bits per heavy atom. The molecule has 3 atom stereocenters. The molecule has 11 heteroatoms. The van der Waals surface area contributed by atoms with Crippen molar-refractivity contribution in [3.8, 4) is 0 Å². The van der Waals surface area contributed by atoms with E-state index in [0.717, 1.165) is 44.9 Å². The lowest BCUT2D eigenvalue weighted by Crippen LogP contribution is -2.29. The van der Waals surface area contributed by atoms with Gasteiger partial charge in [0.2, 0.25) is 0 Å². The second-order valence-corrected chi connectivity index (χ2v) is 14.4. The van der Waals surface area contributed by atoms with E-state index in [1.165, 1.54) is 64.2 Å². The number of hydrogen-bond donors (Lipinski definition) is 3. The number of phosphoric ester groups is 1. The molecule has 0 aliphatic carbocycles. The van der Waals surface area contributed by atoms with Crippen molar-refractivity contribution in [2.24, 2.45) is 0 Å². The van der Waals surface area contributed by atoms with Crippen LogP contribution >= 0.6 is 7.82 Å². The number of hydrogen-bond acceptors (Lipinski definition) is 9. The second-order valence-electron chi connectivity index (χ2n) is 13.0. The molecule has 0 fully saturated rings. The summed E-state index contributed by atoms with van der Waals surface area (Å²) in [5.41, 5.74) is 0. The van der Waals surface area contributed by atoms with Crippen LogP contribution in [0.1, 0.15) is 155 Å². The van der Waals surface area contributed by atoms with Crippen molar-refractivity contribution in [3.05, 3.63) is 48.6 Å². The molecule has 0 heterocycles. The molecular weight excluding hydrogens is 671 g/mol. The van der Waals surface area contributed by atoms with Crippen molar-refractivity contribution in [1.82, 2.24) is 0 Å². The summed E-state index contributed by atoms with van der Waals surface area (Å²) >= 11 is 0. The zero-order valence-electron chi connectivity index (χ0n) is 31.8. The lowest BCUT2D eigenvalue weighted by molar-refractivity contribution is -0.161. The predicted octanol–water partition coefficient (Wildman–Crippen LogP) is 9.77. The van der Waals surface area contributed by atoms with E-state index in [2.05, 4.69) is 54.8 Å². The third-order valence-corrected chi connectivity index (χ3v) is 8.94. The Labute approximate surface area is 309 Å². The van der Waals surface area contributed by atoms with Crippen LogP contribution in [0.15, 0.2) is 48.6 Å². The molecule has 0 aliphatic rings. The summed E-state index contributed by atoms with van der Waals surface area (Å²) in [6.45, 7) is 2.26. The van der Waals surface area contributed by atoms with Crippen LogP contribution in [0.25, 0.3) is 0 Å². The monoisotopic (exact) mass is 742 g/mol. The largest absolute Gasteiger partial charge is 0.472 e. The van der Waals surface area contributed by atoms with Gasteiger partial charge in [-0.2, -0.15) is 0 Å². The predicted molar refractivity (Wildman–Crippen MR) is 205 cm³/mol. The van der Waals surface area contributed by atoms with Gasteiger partial charge in [-0.1, -0.05) is 140 Å². The van der Waals surface area contributed by atoms with Crippen molar-refractivity contribution < 1.29 is 47.8 Å². The number of aliphatic hydroxyl groups excluding tert-OH is 2. The van der Waals surface area contributed by atoms with Crippen molar-refractivity contribution >= 4 is 19.8 Å². The molecule has 0 aromatic rings. The van der Waals surface area contributed by atoms with Gasteiger partial charge in [-0.3, -0.25) is 18.6 Å². The van der Waals surface area contributed by atoms with Crippen LogP contribution in [0.4, 0.5) is 0 Å². The van der Waals surface area contributed by atoms with E-state index < -0.39 is 51.8 Å². The molecule has 0 bridgehead atoms. The van der Waals surface area contributed by atoms with Crippen molar-refractivity contribution in [1.29, 1.82) is 0 Å². The van der Waals surface area contributed by atoms with Crippen molar-refractivity contribution in [2.45, 2.75) is 167 Å². The number of esters is 2. The third-order valence-electron chi connectivity index (χ3n) is 7.99. The lowest BCUT2D eigenvalue weighted by Gasteiger charge is -2.20. The standard InChI is InChI=1S/C40H71O10P/c1-3-5-7-9-11-13-15-16-17-18-19-20-22-24-26-28-30-32-40(44)50-38(36-49-51(45,46)48-34-37(42)33-41)35-47-39(43)31-29-27-25-23-21-14-12-10-8-6-4-2/h11,13,16-17,19-20,24,26,37-38,41-42H,3-10,12,14-15,18,21-23,25,27-36H2,1-2H3,(H,45,46)/b13-11+,17-16+,20-19+,26-24+/t37-,38+/m0/s1. The van der Waals surface area contributed by atoms with E-state index in [0.29, 0.717) is 19.3 Å². The van der Waals surface area contributed by atoms with Gasteiger partial charge in [0.05, 0.1) is 19.8 Å². The number of rotatable bonds is 36. The van der Waals surface area contributed by atoms with Crippen LogP contribution in [0.5, 0.6) is 0 Å². The van der Waals surface area contributed by atoms with Crippen LogP contribution in [-0.2, 0) is 32.7 Å². The van der Waals surface area contributed by atoms with Crippen LogP contribution in [0, 0.1) is 0 Å². The molecule has 0 aromatic carbocycles. The highest BCUT2D eigenvalue weighted by atomic mass is 31.2. The molecule has 0 rings (SSSR count). The zero-order chi connectivity index (χ0) is 37.7. The van der Waals surface area contributed by atoms with Gasteiger partial charge < -0.3 is 24.6 Å². The van der Waals surface area contributed by atoms with Gasteiger partial charge in [-0.05, 0) is 51.4 Å².